The summed E-state index contributed by atoms with van der Waals surface area (Å²) < 4.78 is 0. The van der Waals surface area contributed by atoms with E-state index in [0.717, 1.165) is 5.69 Å². The number of halogens is 2. The average molecular weight is 336 g/mol. The molecule has 22 heavy (non-hydrogen) atoms. The molecular weight excluding hydrogens is 321 g/mol. The Balaban J connectivity index is 2.03. The summed E-state index contributed by atoms with van der Waals surface area (Å²) in [5.74, 6) is -0.292. The maximum Gasteiger partial charge on any atom is 0.271 e. The highest BCUT2D eigenvalue weighted by atomic mass is 35.5. The van der Waals surface area contributed by atoms with E-state index in [4.69, 9.17) is 23.2 Å². The molecule has 114 valence electrons. The van der Waals surface area contributed by atoms with Crippen molar-refractivity contribution in [3.05, 3.63) is 63.6 Å². The van der Waals surface area contributed by atoms with Crippen molar-refractivity contribution in [2.24, 2.45) is 5.10 Å². The normalized spacial score (nSPS) is 10.7. The molecule has 0 bridgehead atoms. The molecule has 6 heteroatoms. The Bertz CT molecular complexity index is 697. The van der Waals surface area contributed by atoms with E-state index in [1.54, 1.807) is 30.3 Å². The maximum atomic E-state index is 12.0. The van der Waals surface area contributed by atoms with Gasteiger partial charge in [-0.1, -0.05) is 35.3 Å². The van der Waals surface area contributed by atoms with Crippen LogP contribution in [0.2, 0.25) is 10.0 Å². The minimum atomic E-state index is -0.292. The summed E-state index contributed by atoms with van der Waals surface area (Å²) in [4.78, 5) is 13.9. The predicted octanol–water partition coefficient (Wildman–Crippen LogP) is 3.82. The molecule has 1 amide bonds. The number of amides is 1. The Morgan fingerprint density at radius 1 is 1.14 bits per heavy atom. The molecule has 0 aliphatic rings. The van der Waals surface area contributed by atoms with E-state index >= 15 is 0 Å². The lowest BCUT2D eigenvalue weighted by atomic mass is 10.2. The fourth-order valence-corrected chi connectivity index (χ4v) is 2.11. The molecule has 0 saturated carbocycles. The topological polar surface area (TPSA) is 44.7 Å². The first kappa shape index (κ1) is 16.3. The zero-order chi connectivity index (χ0) is 16.1. The van der Waals surface area contributed by atoms with Gasteiger partial charge < -0.3 is 4.90 Å². The van der Waals surface area contributed by atoms with Crippen LogP contribution >= 0.6 is 23.2 Å². The van der Waals surface area contributed by atoms with E-state index in [0.29, 0.717) is 21.2 Å². The molecule has 0 heterocycles. The van der Waals surface area contributed by atoms with Gasteiger partial charge >= 0.3 is 0 Å². The van der Waals surface area contributed by atoms with Crippen LogP contribution in [0.1, 0.15) is 15.9 Å². The molecule has 0 aromatic heterocycles. The summed E-state index contributed by atoms with van der Waals surface area (Å²) in [6, 6.07) is 12.4. The van der Waals surface area contributed by atoms with Gasteiger partial charge in [0.05, 0.1) is 16.3 Å². The number of benzene rings is 2. The van der Waals surface area contributed by atoms with Gasteiger partial charge in [-0.3, -0.25) is 4.79 Å². The number of hydrogen-bond acceptors (Lipinski definition) is 3. The average Bonchev–Trinajstić information content (AvgIpc) is 2.51. The van der Waals surface area contributed by atoms with Gasteiger partial charge in [-0.15, -0.1) is 0 Å². The van der Waals surface area contributed by atoms with Crippen LogP contribution in [0.25, 0.3) is 0 Å². The van der Waals surface area contributed by atoms with Crippen molar-refractivity contribution in [1.82, 2.24) is 5.43 Å². The largest absolute Gasteiger partial charge is 0.378 e. The van der Waals surface area contributed by atoms with E-state index in [-0.39, 0.29) is 5.91 Å². The number of carbonyl (C=O) groups is 1. The van der Waals surface area contributed by atoms with E-state index in [2.05, 4.69) is 10.5 Å². The van der Waals surface area contributed by atoms with Crippen LogP contribution in [-0.4, -0.2) is 26.2 Å². The van der Waals surface area contributed by atoms with Gasteiger partial charge in [0.2, 0.25) is 0 Å². The van der Waals surface area contributed by atoms with Crippen molar-refractivity contribution in [3.63, 3.8) is 0 Å². The lowest BCUT2D eigenvalue weighted by Crippen LogP contribution is -2.18. The first-order chi connectivity index (χ1) is 10.5. The zero-order valence-corrected chi connectivity index (χ0v) is 13.7. The molecule has 0 aliphatic heterocycles. The summed E-state index contributed by atoms with van der Waals surface area (Å²) in [7, 11) is 3.88. The summed E-state index contributed by atoms with van der Waals surface area (Å²) in [5, 5.41) is 4.74. The van der Waals surface area contributed by atoms with Crippen LogP contribution in [0.15, 0.2) is 47.6 Å². The van der Waals surface area contributed by atoms with E-state index in [1.165, 1.54) is 6.21 Å². The van der Waals surface area contributed by atoms with Crippen LogP contribution in [0.4, 0.5) is 5.69 Å². The molecule has 0 saturated heterocycles. The molecule has 0 spiro atoms. The number of anilines is 1. The number of nitrogens with zero attached hydrogens (tertiary/aromatic N) is 2. The molecule has 0 radical (unpaired) electrons. The van der Waals surface area contributed by atoms with Crippen molar-refractivity contribution in [2.75, 3.05) is 19.0 Å². The summed E-state index contributed by atoms with van der Waals surface area (Å²) >= 11 is 11.9. The number of carbonyl (C=O) groups excluding carboxylic acids is 1. The maximum absolute atomic E-state index is 12.0. The first-order valence-corrected chi connectivity index (χ1v) is 7.29. The van der Waals surface area contributed by atoms with Crippen LogP contribution in [-0.2, 0) is 0 Å². The Hall–Kier alpha value is -2.04. The van der Waals surface area contributed by atoms with E-state index in [1.807, 2.05) is 31.1 Å². The highest BCUT2D eigenvalue weighted by Crippen LogP contribution is 2.24. The van der Waals surface area contributed by atoms with Gasteiger partial charge in [0, 0.05) is 30.9 Å². The molecule has 0 atom stereocenters. The van der Waals surface area contributed by atoms with Gasteiger partial charge in [0.25, 0.3) is 5.91 Å². The summed E-state index contributed by atoms with van der Waals surface area (Å²) in [6.07, 6.45) is 1.46. The monoisotopic (exact) mass is 335 g/mol. The van der Waals surface area contributed by atoms with Crippen LogP contribution in [0.3, 0.4) is 0 Å². The standard InChI is InChI=1S/C16H15Cl2N3O/c1-21(2)13-8-6-11(7-9-13)16(22)20-19-10-12-4-3-5-14(17)15(12)18/h3-10H,1-2H3,(H,20,22)/b19-10+. The highest BCUT2D eigenvalue weighted by Gasteiger charge is 2.05. The second-order valence-corrected chi connectivity index (χ2v) is 5.57. The predicted molar refractivity (Wildman–Crippen MR) is 92.3 cm³/mol. The van der Waals surface area contributed by atoms with Gasteiger partial charge in [-0.2, -0.15) is 5.10 Å². The Morgan fingerprint density at radius 3 is 2.45 bits per heavy atom. The smallest absolute Gasteiger partial charge is 0.271 e. The van der Waals surface area contributed by atoms with Crippen molar-refractivity contribution in [3.8, 4) is 0 Å². The lowest BCUT2D eigenvalue weighted by Gasteiger charge is -2.12. The lowest BCUT2D eigenvalue weighted by molar-refractivity contribution is 0.0955. The third-order valence-electron chi connectivity index (χ3n) is 3.00. The third kappa shape index (κ3) is 4.00. The molecule has 2 aromatic carbocycles. The molecule has 2 aromatic rings. The second-order valence-electron chi connectivity index (χ2n) is 4.78. The van der Waals surface area contributed by atoms with Gasteiger partial charge in [-0.25, -0.2) is 5.43 Å². The molecule has 0 aliphatic carbocycles. The summed E-state index contributed by atoms with van der Waals surface area (Å²) in [5.41, 5.74) is 4.64. The van der Waals surface area contributed by atoms with Crippen LogP contribution in [0, 0.1) is 0 Å². The molecule has 2 rings (SSSR count). The molecule has 1 N–H and O–H groups in total. The SMILES string of the molecule is CN(C)c1ccc(C(=O)N/N=C/c2cccc(Cl)c2Cl)cc1. The summed E-state index contributed by atoms with van der Waals surface area (Å²) in [6.45, 7) is 0. The van der Waals surface area contributed by atoms with E-state index in [9.17, 15) is 4.79 Å². The molecular formula is C16H15Cl2N3O. The quantitative estimate of drug-likeness (QED) is 0.681. The van der Waals surface area contributed by atoms with Crippen molar-refractivity contribution >= 4 is 41.0 Å². The van der Waals surface area contributed by atoms with E-state index < -0.39 is 0 Å². The molecule has 4 nitrogen and oxygen atoms in total. The first-order valence-electron chi connectivity index (χ1n) is 6.54. The number of hydrogen-bond donors (Lipinski definition) is 1. The molecule has 0 fully saturated rings. The fourth-order valence-electron chi connectivity index (χ4n) is 1.76. The number of nitrogens with one attached hydrogen (secondary N) is 1. The fraction of sp³-hybridized carbons (Fsp3) is 0.125. The van der Waals surface area contributed by atoms with Crippen LogP contribution in [0.5, 0.6) is 0 Å². The van der Waals surface area contributed by atoms with Gasteiger partial charge in [-0.05, 0) is 30.3 Å². The van der Waals surface area contributed by atoms with Crippen LogP contribution < -0.4 is 10.3 Å². The minimum absolute atomic E-state index is 0.292. The Labute approximate surface area is 139 Å². The van der Waals surface area contributed by atoms with Crippen molar-refractivity contribution in [1.29, 1.82) is 0 Å². The third-order valence-corrected chi connectivity index (χ3v) is 3.83. The van der Waals surface area contributed by atoms with Crippen molar-refractivity contribution in [2.45, 2.75) is 0 Å². The van der Waals surface area contributed by atoms with Gasteiger partial charge in [0.1, 0.15) is 0 Å². The second kappa shape index (κ2) is 7.29. The number of rotatable bonds is 4. The Kier molecular flexibility index (Phi) is 5.41. The highest BCUT2D eigenvalue weighted by molar-refractivity contribution is 6.43. The number of hydrazone groups is 1. The zero-order valence-electron chi connectivity index (χ0n) is 12.2. The Morgan fingerprint density at radius 2 is 1.82 bits per heavy atom. The minimum Gasteiger partial charge on any atom is -0.378 e. The molecule has 0 unspecified atom stereocenters. The van der Waals surface area contributed by atoms with Crippen molar-refractivity contribution < 1.29 is 4.79 Å². The van der Waals surface area contributed by atoms with Gasteiger partial charge in [0.15, 0.2) is 0 Å².